The fraction of sp³-hybridized carbons (Fsp3) is 0.316. The molecule has 4 nitrogen and oxygen atoms in total. The minimum atomic E-state index is -0.723. The molecule has 1 atom stereocenters. The highest BCUT2D eigenvalue weighted by molar-refractivity contribution is 5.36. The van der Waals surface area contributed by atoms with Crippen molar-refractivity contribution in [3.63, 3.8) is 0 Å². The van der Waals surface area contributed by atoms with Crippen LogP contribution in [0.4, 0.5) is 0 Å². The highest BCUT2D eigenvalue weighted by Crippen LogP contribution is 2.32. The van der Waals surface area contributed by atoms with Gasteiger partial charge in [0.25, 0.3) is 0 Å². The summed E-state index contributed by atoms with van der Waals surface area (Å²) >= 11 is 0. The van der Waals surface area contributed by atoms with Crippen LogP contribution in [0, 0.1) is 0 Å². The molecule has 1 unspecified atom stereocenters. The van der Waals surface area contributed by atoms with Gasteiger partial charge < -0.3 is 9.47 Å². The van der Waals surface area contributed by atoms with Crippen LogP contribution < -0.4 is 0 Å². The van der Waals surface area contributed by atoms with E-state index in [1.165, 1.54) is 0 Å². The van der Waals surface area contributed by atoms with Gasteiger partial charge in [0.05, 0.1) is 12.1 Å². The molecule has 0 aliphatic heterocycles. The Morgan fingerprint density at radius 3 is 2.26 bits per heavy atom. The molecule has 2 aromatic rings. The fourth-order valence-corrected chi connectivity index (χ4v) is 2.36. The van der Waals surface area contributed by atoms with E-state index in [-0.39, 0.29) is 12.9 Å². The van der Waals surface area contributed by atoms with E-state index in [1.807, 2.05) is 74.5 Å². The van der Waals surface area contributed by atoms with Gasteiger partial charge in [-0.25, -0.2) is 4.79 Å². The number of hydrogen-bond acceptors (Lipinski definition) is 4. The highest BCUT2D eigenvalue weighted by atomic mass is 16.7. The zero-order valence-electron chi connectivity index (χ0n) is 13.4. The standard InChI is InChI=1S/C19H21NO3/c1-19(2,20-14-21)18(17-11-7-4-8-12-17)23-15-22-13-16-9-5-3-6-10-16/h3-12,18H,13,15H2,1-2H3. The van der Waals surface area contributed by atoms with Crippen molar-refractivity contribution in [2.24, 2.45) is 4.99 Å². The molecule has 0 heterocycles. The van der Waals surface area contributed by atoms with Crippen LogP contribution in [-0.2, 0) is 20.9 Å². The Balaban J connectivity index is 1.99. The minimum Gasteiger partial charge on any atom is -0.351 e. The summed E-state index contributed by atoms with van der Waals surface area (Å²) in [5.41, 5.74) is 1.30. The number of carbonyl (C=O) groups excluding carboxylic acids is 1. The summed E-state index contributed by atoms with van der Waals surface area (Å²) in [6.45, 7) is 4.27. The third-order valence-corrected chi connectivity index (χ3v) is 3.51. The average molecular weight is 311 g/mol. The Bertz CT molecular complexity index is 634. The third kappa shape index (κ3) is 5.15. The maximum absolute atomic E-state index is 10.7. The number of benzene rings is 2. The van der Waals surface area contributed by atoms with Gasteiger partial charge in [0, 0.05) is 0 Å². The molecule has 0 amide bonds. The van der Waals surface area contributed by atoms with Crippen molar-refractivity contribution in [2.75, 3.05) is 6.79 Å². The van der Waals surface area contributed by atoms with Gasteiger partial charge in [0.1, 0.15) is 12.9 Å². The van der Waals surface area contributed by atoms with Crippen LogP contribution in [0.5, 0.6) is 0 Å². The first-order valence-electron chi connectivity index (χ1n) is 7.51. The van der Waals surface area contributed by atoms with Gasteiger partial charge in [0.15, 0.2) is 0 Å². The second kappa shape index (κ2) is 8.39. The second-order valence-electron chi connectivity index (χ2n) is 5.77. The monoisotopic (exact) mass is 311 g/mol. The number of rotatable bonds is 8. The lowest BCUT2D eigenvalue weighted by Gasteiger charge is -2.29. The summed E-state index contributed by atoms with van der Waals surface area (Å²) in [6.07, 6.45) is 1.24. The molecule has 0 saturated carbocycles. The van der Waals surface area contributed by atoms with Crippen molar-refractivity contribution in [3.05, 3.63) is 71.8 Å². The van der Waals surface area contributed by atoms with Gasteiger partial charge in [-0.15, -0.1) is 0 Å². The minimum absolute atomic E-state index is 0.117. The predicted molar refractivity (Wildman–Crippen MR) is 88.6 cm³/mol. The molecule has 120 valence electrons. The second-order valence-corrected chi connectivity index (χ2v) is 5.77. The lowest BCUT2D eigenvalue weighted by molar-refractivity contribution is -0.115. The van der Waals surface area contributed by atoms with E-state index >= 15 is 0 Å². The molecule has 0 radical (unpaired) electrons. The lowest BCUT2D eigenvalue weighted by atomic mass is 9.92. The van der Waals surface area contributed by atoms with E-state index in [1.54, 1.807) is 6.08 Å². The maximum atomic E-state index is 10.7. The first kappa shape index (κ1) is 17.1. The fourth-order valence-electron chi connectivity index (χ4n) is 2.36. The van der Waals surface area contributed by atoms with E-state index < -0.39 is 5.54 Å². The summed E-state index contributed by atoms with van der Waals surface area (Å²) in [5, 5.41) is 0. The van der Waals surface area contributed by atoms with Gasteiger partial charge in [-0.3, -0.25) is 0 Å². The predicted octanol–water partition coefficient (Wildman–Crippen LogP) is 4.03. The molecule has 4 heteroatoms. The normalized spacial score (nSPS) is 12.4. The van der Waals surface area contributed by atoms with Gasteiger partial charge in [-0.1, -0.05) is 60.7 Å². The van der Waals surface area contributed by atoms with Crippen molar-refractivity contribution >= 4 is 6.08 Å². The van der Waals surface area contributed by atoms with Crippen LogP contribution in [-0.4, -0.2) is 18.4 Å². The molecule has 2 rings (SSSR count). The average Bonchev–Trinajstić information content (AvgIpc) is 2.56. The summed E-state index contributed by atoms with van der Waals surface area (Å²) in [6, 6.07) is 19.6. The lowest BCUT2D eigenvalue weighted by Crippen LogP contribution is -2.30. The smallest absolute Gasteiger partial charge is 0.235 e. The van der Waals surface area contributed by atoms with E-state index in [4.69, 9.17) is 9.47 Å². The molecule has 0 fully saturated rings. The van der Waals surface area contributed by atoms with Gasteiger partial charge in [0.2, 0.25) is 6.08 Å². The summed E-state index contributed by atoms with van der Waals surface area (Å²) in [4.78, 5) is 14.6. The third-order valence-electron chi connectivity index (χ3n) is 3.51. The van der Waals surface area contributed by atoms with Crippen LogP contribution in [0.25, 0.3) is 0 Å². The van der Waals surface area contributed by atoms with Crippen LogP contribution in [0.1, 0.15) is 31.1 Å². The first-order chi connectivity index (χ1) is 11.1. The maximum Gasteiger partial charge on any atom is 0.235 e. The van der Waals surface area contributed by atoms with E-state index in [0.717, 1.165) is 11.1 Å². The summed E-state index contributed by atoms with van der Waals surface area (Å²) < 4.78 is 11.5. The van der Waals surface area contributed by atoms with E-state index in [0.29, 0.717) is 6.61 Å². The Morgan fingerprint density at radius 2 is 1.65 bits per heavy atom. The number of nitrogens with zero attached hydrogens (tertiary/aromatic N) is 1. The molecule has 2 aromatic carbocycles. The zero-order chi connectivity index (χ0) is 16.5. The zero-order valence-corrected chi connectivity index (χ0v) is 13.4. The molecule has 0 aromatic heterocycles. The number of hydrogen-bond donors (Lipinski definition) is 0. The highest BCUT2D eigenvalue weighted by Gasteiger charge is 2.31. The van der Waals surface area contributed by atoms with Crippen molar-refractivity contribution in [3.8, 4) is 0 Å². The molecule has 0 bridgehead atoms. The van der Waals surface area contributed by atoms with Crippen molar-refractivity contribution in [1.82, 2.24) is 0 Å². The first-order valence-corrected chi connectivity index (χ1v) is 7.51. The van der Waals surface area contributed by atoms with E-state index in [2.05, 4.69) is 4.99 Å². The number of ether oxygens (including phenoxy) is 2. The SMILES string of the molecule is CC(C)(N=C=O)C(OCOCc1ccccc1)c1ccccc1. The Kier molecular flexibility index (Phi) is 6.24. The van der Waals surface area contributed by atoms with Crippen LogP contribution in [0.2, 0.25) is 0 Å². The van der Waals surface area contributed by atoms with Gasteiger partial charge in [-0.05, 0) is 25.0 Å². The largest absolute Gasteiger partial charge is 0.351 e. The molecule has 0 aliphatic carbocycles. The molecule has 23 heavy (non-hydrogen) atoms. The van der Waals surface area contributed by atoms with Crippen molar-refractivity contribution < 1.29 is 14.3 Å². The summed E-state index contributed by atoms with van der Waals surface area (Å²) in [7, 11) is 0. The molecular weight excluding hydrogens is 290 g/mol. The molecule has 0 aliphatic rings. The Morgan fingerprint density at radius 1 is 1.04 bits per heavy atom. The van der Waals surface area contributed by atoms with Crippen molar-refractivity contribution in [2.45, 2.75) is 32.1 Å². The van der Waals surface area contributed by atoms with Crippen molar-refractivity contribution in [1.29, 1.82) is 0 Å². The molecule has 0 spiro atoms. The number of isocyanates is 1. The number of aliphatic imine (C=N–C) groups is 1. The van der Waals surface area contributed by atoms with Gasteiger partial charge in [-0.2, -0.15) is 4.99 Å². The van der Waals surface area contributed by atoms with Crippen LogP contribution >= 0.6 is 0 Å². The molecule has 0 N–H and O–H groups in total. The van der Waals surface area contributed by atoms with E-state index in [9.17, 15) is 4.79 Å². The Hall–Kier alpha value is -2.26. The van der Waals surface area contributed by atoms with Crippen LogP contribution in [0.15, 0.2) is 65.7 Å². The van der Waals surface area contributed by atoms with Crippen LogP contribution in [0.3, 0.4) is 0 Å². The topological polar surface area (TPSA) is 47.9 Å². The Labute approximate surface area is 136 Å². The van der Waals surface area contributed by atoms with Gasteiger partial charge >= 0.3 is 0 Å². The summed E-state index contributed by atoms with van der Waals surface area (Å²) in [5.74, 6) is 0. The quantitative estimate of drug-likeness (QED) is 0.320. The molecule has 0 saturated heterocycles. The molecular formula is C19H21NO3.